The lowest BCUT2D eigenvalue weighted by atomic mass is 9.93. The molecule has 0 aliphatic carbocycles. The van der Waals surface area contributed by atoms with Crippen LogP contribution in [0.1, 0.15) is 65.4 Å². The number of alkyl halides is 2. The maximum absolute atomic E-state index is 13.1. The number of hydrogen-bond donors (Lipinski definition) is 4. The average molecular weight is 676 g/mol. The summed E-state index contributed by atoms with van der Waals surface area (Å²) in [5.41, 5.74) is 5.87. The number of halogens is 2. The van der Waals surface area contributed by atoms with E-state index < -0.39 is 17.6 Å². The van der Waals surface area contributed by atoms with Gasteiger partial charge in [-0.15, -0.1) is 0 Å². The number of aryl methyl sites for hydroxylation is 1. The zero-order valence-electron chi connectivity index (χ0n) is 28.0. The molecule has 3 amide bonds. The highest BCUT2D eigenvalue weighted by atomic mass is 19.3. The number of unbranched alkanes of at least 4 members (excludes halogenated alkanes) is 1. The minimum Gasteiger partial charge on any atom is -0.444 e. The van der Waals surface area contributed by atoms with Crippen molar-refractivity contribution in [2.75, 3.05) is 25.0 Å². The van der Waals surface area contributed by atoms with Crippen LogP contribution in [-0.4, -0.2) is 63.7 Å². The smallest absolute Gasteiger partial charge is 0.410 e. The topological polar surface area (TPSA) is 174 Å². The highest BCUT2D eigenvalue weighted by Gasteiger charge is 2.28. The van der Waals surface area contributed by atoms with Gasteiger partial charge in [-0.2, -0.15) is 8.78 Å². The molecule has 0 atom stereocenters. The Hall–Kier alpha value is -4.66. The van der Waals surface area contributed by atoms with Crippen LogP contribution in [0.25, 0.3) is 0 Å². The van der Waals surface area contributed by atoms with Gasteiger partial charge in [0.1, 0.15) is 17.0 Å². The van der Waals surface area contributed by atoms with E-state index in [4.69, 9.17) is 16.3 Å². The SMILES string of the molecule is CC(C)(C)OC(=O)N1CCC(CC(=O)Nc2ccn(CCCCN(N)/C=C(\N)C(=O)NCc3cccc(OC(C)(F)F)c3)c(=O)c2)CC1. The highest BCUT2D eigenvalue weighted by molar-refractivity contribution is 5.92. The van der Waals surface area contributed by atoms with Crippen molar-refractivity contribution in [3.05, 3.63) is 70.4 Å². The van der Waals surface area contributed by atoms with E-state index in [2.05, 4.69) is 15.4 Å². The molecule has 0 radical (unpaired) electrons. The first kappa shape index (κ1) is 37.8. The molecule has 264 valence electrons. The van der Waals surface area contributed by atoms with Crippen LogP contribution in [-0.2, 0) is 27.4 Å². The van der Waals surface area contributed by atoms with Crippen molar-refractivity contribution in [1.82, 2.24) is 19.8 Å². The van der Waals surface area contributed by atoms with E-state index in [1.807, 2.05) is 20.8 Å². The van der Waals surface area contributed by atoms with E-state index in [0.717, 1.165) is 0 Å². The summed E-state index contributed by atoms with van der Waals surface area (Å²) in [4.78, 5) is 51.5. The maximum atomic E-state index is 13.1. The lowest BCUT2D eigenvalue weighted by molar-refractivity contribution is -0.159. The Bertz CT molecular complexity index is 1490. The Labute approximate surface area is 279 Å². The number of piperidine rings is 1. The van der Waals surface area contributed by atoms with Gasteiger partial charge in [-0.3, -0.25) is 14.4 Å². The third kappa shape index (κ3) is 13.6. The number of carbonyl (C=O) groups excluding carboxylic acids is 3. The molecule has 2 aromatic rings. The molecule has 15 heteroatoms. The van der Waals surface area contributed by atoms with Gasteiger partial charge in [-0.1, -0.05) is 12.1 Å². The van der Waals surface area contributed by atoms with Crippen molar-refractivity contribution in [1.29, 1.82) is 0 Å². The fourth-order valence-electron chi connectivity index (χ4n) is 4.98. The van der Waals surface area contributed by atoms with Gasteiger partial charge in [0.15, 0.2) is 0 Å². The van der Waals surface area contributed by atoms with Crippen LogP contribution < -0.4 is 32.5 Å². The summed E-state index contributed by atoms with van der Waals surface area (Å²) < 4.78 is 37.7. The van der Waals surface area contributed by atoms with Gasteiger partial charge in [0.2, 0.25) is 5.91 Å². The number of carbonyl (C=O) groups is 3. The molecule has 1 aliphatic heterocycles. The van der Waals surface area contributed by atoms with Crippen molar-refractivity contribution in [3.63, 3.8) is 0 Å². The molecule has 0 saturated carbocycles. The van der Waals surface area contributed by atoms with E-state index in [-0.39, 0.29) is 41.5 Å². The molecule has 1 aromatic carbocycles. The van der Waals surface area contributed by atoms with Gasteiger partial charge in [0.25, 0.3) is 11.5 Å². The Kier molecular flexibility index (Phi) is 13.3. The number of nitrogens with two attached hydrogens (primary N) is 2. The second kappa shape index (κ2) is 16.9. The number of rotatable bonds is 14. The van der Waals surface area contributed by atoms with Crippen LogP contribution in [0.3, 0.4) is 0 Å². The predicted molar refractivity (Wildman–Crippen MR) is 176 cm³/mol. The standard InChI is InChI=1S/C33H47F2N7O6/c1-32(2,3)48-31(46)41-15-10-23(11-16-41)19-28(43)39-25-12-17-40(29(44)20-25)13-5-6-14-42(37)22-27(36)30(45)38-21-24-8-7-9-26(18-24)47-33(4,34)35/h7-9,12,17-18,20,22-23H,5-6,10-11,13-16,19,21,36-37H2,1-4H3,(H,38,45)(H,39,43)/b27-22-. The van der Waals surface area contributed by atoms with Gasteiger partial charge in [0.05, 0.1) is 0 Å². The van der Waals surface area contributed by atoms with Crippen molar-refractivity contribution in [2.45, 2.75) is 84.6 Å². The van der Waals surface area contributed by atoms with E-state index in [0.29, 0.717) is 76.5 Å². The number of amides is 3. The second-order valence-corrected chi connectivity index (χ2v) is 12.9. The number of ether oxygens (including phenoxy) is 2. The summed E-state index contributed by atoms with van der Waals surface area (Å²) in [5.74, 6) is 5.30. The molecule has 13 nitrogen and oxygen atoms in total. The first-order valence-corrected chi connectivity index (χ1v) is 15.9. The minimum absolute atomic E-state index is 0.0300. The lowest BCUT2D eigenvalue weighted by Crippen LogP contribution is -2.42. The number of anilines is 1. The Morgan fingerprint density at radius 3 is 2.44 bits per heavy atom. The highest BCUT2D eigenvalue weighted by Crippen LogP contribution is 2.23. The number of pyridine rings is 1. The van der Waals surface area contributed by atoms with Crippen LogP contribution in [0.2, 0.25) is 0 Å². The summed E-state index contributed by atoms with van der Waals surface area (Å²) in [6.07, 6.45) is 2.14. The monoisotopic (exact) mass is 675 g/mol. The summed E-state index contributed by atoms with van der Waals surface area (Å²) in [6.45, 7) is 7.99. The molecule has 6 N–H and O–H groups in total. The fourth-order valence-corrected chi connectivity index (χ4v) is 4.98. The zero-order valence-corrected chi connectivity index (χ0v) is 28.0. The number of hydrazine groups is 1. The van der Waals surface area contributed by atoms with Gasteiger partial charge < -0.3 is 40.3 Å². The first-order valence-electron chi connectivity index (χ1n) is 15.9. The van der Waals surface area contributed by atoms with Crippen molar-refractivity contribution < 1.29 is 32.6 Å². The molecule has 0 unspecified atom stereocenters. The molecule has 48 heavy (non-hydrogen) atoms. The van der Waals surface area contributed by atoms with E-state index >= 15 is 0 Å². The number of hydrogen-bond acceptors (Lipinski definition) is 9. The number of nitrogens with zero attached hydrogens (tertiary/aromatic N) is 3. The number of benzene rings is 1. The van der Waals surface area contributed by atoms with Crippen molar-refractivity contribution >= 4 is 23.6 Å². The molecular weight excluding hydrogens is 628 g/mol. The first-order chi connectivity index (χ1) is 22.5. The minimum atomic E-state index is -3.33. The predicted octanol–water partition coefficient (Wildman–Crippen LogP) is 3.89. The fraction of sp³-hybridized carbons (Fsp3) is 0.515. The van der Waals surface area contributed by atoms with Gasteiger partial charge >= 0.3 is 12.2 Å². The molecule has 1 fully saturated rings. The van der Waals surface area contributed by atoms with E-state index in [9.17, 15) is 28.0 Å². The van der Waals surface area contributed by atoms with Crippen molar-refractivity contribution in [2.24, 2.45) is 17.5 Å². The summed E-state index contributed by atoms with van der Waals surface area (Å²) >= 11 is 0. The third-order valence-corrected chi connectivity index (χ3v) is 7.30. The van der Waals surface area contributed by atoms with E-state index in [1.165, 1.54) is 40.0 Å². The Morgan fingerprint density at radius 2 is 1.79 bits per heavy atom. The van der Waals surface area contributed by atoms with Crippen LogP contribution in [0.4, 0.5) is 19.3 Å². The largest absolute Gasteiger partial charge is 0.444 e. The molecule has 1 saturated heterocycles. The normalized spacial score (nSPS) is 14.3. The number of nitrogens with one attached hydrogen (secondary N) is 2. The quantitative estimate of drug-likeness (QED) is 0.100. The van der Waals surface area contributed by atoms with Gasteiger partial charge in [0, 0.05) is 70.2 Å². The van der Waals surface area contributed by atoms with Crippen molar-refractivity contribution in [3.8, 4) is 5.75 Å². The zero-order chi connectivity index (χ0) is 35.5. The summed E-state index contributed by atoms with van der Waals surface area (Å²) in [6, 6.07) is 9.01. The van der Waals surface area contributed by atoms with Gasteiger partial charge in [-0.25, -0.2) is 10.6 Å². The third-order valence-electron chi connectivity index (χ3n) is 7.30. The maximum Gasteiger partial charge on any atom is 0.410 e. The van der Waals surface area contributed by atoms with E-state index in [1.54, 1.807) is 23.2 Å². The Balaban J connectivity index is 1.35. The average Bonchev–Trinajstić information content (AvgIpc) is 2.97. The second-order valence-electron chi connectivity index (χ2n) is 12.9. The molecule has 2 heterocycles. The summed E-state index contributed by atoms with van der Waals surface area (Å²) in [5, 5.41) is 6.67. The molecular formula is C33H47F2N7O6. The van der Waals surface area contributed by atoms with Crippen LogP contribution in [0.15, 0.2) is 59.3 Å². The Morgan fingerprint density at radius 1 is 1.08 bits per heavy atom. The number of likely N-dealkylation sites (tertiary alicyclic amines) is 1. The van der Waals surface area contributed by atoms with Crippen LogP contribution >= 0.6 is 0 Å². The van der Waals surface area contributed by atoms with Crippen LogP contribution in [0.5, 0.6) is 5.75 Å². The molecule has 1 aliphatic rings. The summed E-state index contributed by atoms with van der Waals surface area (Å²) in [7, 11) is 0. The molecule has 0 bridgehead atoms. The van der Waals surface area contributed by atoms with Crippen LogP contribution in [0, 0.1) is 5.92 Å². The van der Waals surface area contributed by atoms with Gasteiger partial charge in [-0.05, 0) is 76.1 Å². The lowest BCUT2D eigenvalue weighted by Gasteiger charge is -2.33. The number of aromatic nitrogens is 1. The molecule has 3 rings (SSSR count). The molecule has 1 aromatic heterocycles. The molecule has 0 spiro atoms.